The van der Waals surface area contributed by atoms with Crippen molar-refractivity contribution >= 4 is 5.91 Å². The number of hydrogen-bond acceptors (Lipinski definition) is 3. The van der Waals surface area contributed by atoms with Gasteiger partial charge in [0.15, 0.2) is 0 Å². The fourth-order valence-electron chi connectivity index (χ4n) is 1.12. The predicted octanol–water partition coefficient (Wildman–Crippen LogP) is 1.08. The van der Waals surface area contributed by atoms with Crippen molar-refractivity contribution in [1.29, 1.82) is 0 Å². The lowest BCUT2D eigenvalue weighted by Crippen LogP contribution is -2.26. The van der Waals surface area contributed by atoms with Crippen LogP contribution in [0.15, 0.2) is 18.2 Å². The van der Waals surface area contributed by atoms with E-state index in [-0.39, 0.29) is 11.7 Å². The van der Waals surface area contributed by atoms with E-state index in [0.29, 0.717) is 18.7 Å². The normalized spacial score (nSPS) is 10.0. The van der Waals surface area contributed by atoms with Crippen molar-refractivity contribution in [2.75, 3.05) is 20.3 Å². The highest BCUT2D eigenvalue weighted by Gasteiger charge is 2.06. The van der Waals surface area contributed by atoms with E-state index in [9.17, 15) is 9.90 Å². The Hall–Kier alpha value is -1.55. The van der Waals surface area contributed by atoms with Gasteiger partial charge in [0.05, 0.1) is 6.61 Å². The lowest BCUT2D eigenvalue weighted by Gasteiger charge is -2.05. The molecule has 0 aliphatic heterocycles. The third-order valence-electron chi connectivity index (χ3n) is 2.06. The van der Waals surface area contributed by atoms with Crippen molar-refractivity contribution < 1.29 is 14.6 Å². The molecule has 1 aromatic carbocycles. The van der Waals surface area contributed by atoms with Gasteiger partial charge in [0.25, 0.3) is 5.91 Å². The Morgan fingerprint density at radius 3 is 2.87 bits per heavy atom. The summed E-state index contributed by atoms with van der Waals surface area (Å²) in [5, 5.41) is 12.1. The molecule has 0 fully saturated rings. The van der Waals surface area contributed by atoms with Gasteiger partial charge in [0, 0.05) is 19.2 Å². The molecule has 15 heavy (non-hydrogen) atoms. The van der Waals surface area contributed by atoms with Crippen molar-refractivity contribution in [1.82, 2.24) is 5.32 Å². The summed E-state index contributed by atoms with van der Waals surface area (Å²) in [5.74, 6) is -0.0725. The highest BCUT2D eigenvalue weighted by atomic mass is 16.5. The number of benzene rings is 1. The molecule has 0 aromatic heterocycles. The maximum Gasteiger partial charge on any atom is 0.251 e. The second kappa shape index (κ2) is 5.36. The Bertz CT molecular complexity index is 350. The van der Waals surface area contributed by atoms with Gasteiger partial charge >= 0.3 is 0 Å². The van der Waals surface area contributed by atoms with Gasteiger partial charge in [0.2, 0.25) is 0 Å². The molecule has 0 unspecified atom stereocenters. The summed E-state index contributed by atoms with van der Waals surface area (Å²) >= 11 is 0. The van der Waals surface area contributed by atoms with Crippen LogP contribution in [0.5, 0.6) is 5.75 Å². The fraction of sp³-hybridized carbons (Fsp3) is 0.364. The van der Waals surface area contributed by atoms with Crippen LogP contribution in [0.3, 0.4) is 0 Å². The Morgan fingerprint density at radius 2 is 2.27 bits per heavy atom. The van der Waals surface area contributed by atoms with E-state index in [4.69, 9.17) is 4.74 Å². The van der Waals surface area contributed by atoms with E-state index in [1.165, 1.54) is 6.07 Å². The van der Waals surface area contributed by atoms with Crippen LogP contribution in [0, 0.1) is 6.92 Å². The fourth-order valence-corrected chi connectivity index (χ4v) is 1.12. The number of aromatic hydroxyl groups is 1. The minimum atomic E-state index is -0.206. The molecule has 0 spiro atoms. The molecule has 0 radical (unpaired) electrons. The molecular weight excluding hydrogens is 194 g/mol. The van der Waals surface area contributed by atoms with E-state index >= 15 is 0 Å². The third kappa shape index (κ3) is 3.25. The number of phenolic OH excluding ortho intramolecular Hbond substituents is 1. The predicted molar refractivity (Wildman–Crippen MR) is 57.1 cm³/mol. The average Bonchev–Trinajstić information content (AvgIpc) is 2.22. The summed E-state index contributed by atoms with van der Waals surface area (Å²) in [6.45, 7) is 2.72. The second-order valence-corrected chi connectivity index (χ2v) is 3.25. The highest BCUT2D eigenvalue weighted by molar-refractivity contribution is 5.94. The Kier molecular flexibility index (Phi) is 4.12. The molecule has 0 saturated heterocycles. The molecule has 0 bridgehead atoms. The highest BCUT2D eigenvalue weighted by Crippen LogP contribution is 2.17. The Balaban J connectivity index is 2.62. The van der Waals surface area contributed by atoms with Crippen LogP contribution in [0.25, 0.3) is 0 Å². The molecule has 4 nitrogen and oxygen atoms in total. The molecule has 0 saturated carbocycles. The van der Waals surface area contributed by atoms with E-state index < -0.39 is 0 Å². The molecule has 82 valence electrons. The first-order valence-electron chi connectivity index (χ1n) is 4.72. The van der Waals surface area contributed by atoms with Crippen LogP contribution in [0.4, 0.5) is 0 Å². The second-order valence-electron chi connectivity index (χ2n) is 3.25. The summed E-state index contributed by atoms with van der Waals surface area (Å²) in [7, 11) is 1.57. The van der Waals surface area contributed by atoms with Crippen LogP contribution < -0.4 is 5.32 Å². The first-order valence-corrected chi connectivity index (χ1v) is 4.72. The SMILES string of the molecule is COCCNC(=O)c1ccc(C)c(O)c1. The van der Waals surface area contributed by atoms with Gasteiger partial charge in [-0.15, -0.1) is 0 Å². The van der Waals surface area contributed by atoms with Gasteiger partial charge in [-0.1, -0.05) is 6.07 Å². The number of phenols is 1. The number of hydrogen-bond donors (Lipinski definition) is 2. The van der Waals surface area contributed by atoms with Gasteiger partial charge in [-0.3, -0.25) is 4.79 Å². The summed E-state index contributed by atoms with van der Waals surface area (Å²) in [6, 6.07) is 4.84. The minimum absolute atomic E-state index is 0.134. The van der Waals surface area contributed by atoms with Gasteiger partial charge in [0.1, 0.15) is 5.75 Å². The molecule has 1 amide bonds. The number of ether oxygens (including phenoxy) is 1. The molecule has 0 aliphatic carbocycles. The van der Waals surface area contributed by atoms with Crippen LogP contribution in [0.2, 0.25) is 0 Å². The van der Waals surface area contributed by atoms with Gasteiger partial charge in [-0.05, 0) is 24.6 Å². The number of methoxy groups -OCH3 is 1. The molecule has 4 heteroatoms. The number of rotatable bonds is 4. The number of carbonyl (C=O) groups excluding carboxylic acids is 1. The molecule has 2 N–H and O–H groups in total. The van der Waals surface area contributed by atoms with Gasteiger partial charge in [-0.2, -0.15) is 0 Å². The zero-order chi connectivity index (χ0) is 11.3. The molecule has 1 rings (SSSR count). The van der Waals surface area contributed by atoms with Crippen LogP contribution in [-0.4, -0.2) is 31.3 Å². The maximum absolute atomic E-state index is 11.5. The van der Waals surface area contributed by atoms with Gasteiger partial charge in [-0.25, -0.2) is 0 Å². The average molecular weight is 209 g/mol. The summed E-state index contributed by atoms with van der Waals surface area (Å²) in [6.07, 6.45) is 0. The maximum atomic E-state index is 11.5. The lowest BCUT2D eigenvalue weighted by molar-refractivity contribution is 0.0936. The minimum Gasteiger partial charge on any atom is -0.508 e. The van der Waals surface area contributed by atoms with Crippen molar-refractivity contribution in [2.24, 2.45) is 0 Å². The standard InChI is InChI=1S/C11H15NO3/c1-8-3-4-9(7-10(8)13)11(14)12-5-6-15-2/h3-4,7,13H,5-6H2,1-2H3,(H,12,14). The largest absolute Gasteiger partial charge is 0.508 e. The Labute approximate surface area is 88.9 Å². The van der Waals surface area contributed by atoms with E-state index in [1.807, 2.05) is 0 Å². The number of nitrogens with one attached hydrogen (secondary N) is 1. The number of carbonyl (C=O) groups is 1. The van der Waals surface area contributed by atoms with Crippen molar-refractivity contribution in [2.45, 2.75) is 6.92 Å². The van der Waals surface area contributed by atoms with Crippen molar-refractivity contribution in [3.63, 3.8) is 0 Å². The zero-order valence-corrected chi connectivity index (χ0v) is 8.91. The van der Waals surface area contributed by atoms with E-state index in [0.717, 1.165) is 5.56 Å². The monoisotopic (exact) mass is 209 g/mol. The molecular formula is C11H15NO3. The van der Waals surface area contributed by atoms with Crippen LogP contribution in [0.1, 0.15) is 15.9 Å². The zero-order valence-electron chi connectivity index (χ0n) is 8.91. The molecule has 0 aliphatic rings. The quantitative estimate of drug-likeness (QED) is 0.729. The number of aryl methyl sites for hydroxylation is 1. The molecule has 0 atom stereocenters. The summed E-state index contributed by atoms with van der Waals surface area (Å²) < 4.78 is 4.81. The third-order valence-corrected chi connectivity index (χ3v) is 2.06. The van der Waals surface area contributed by atoms with Crippen molar-refractivity contribution in [3.05, 3.63) is 29.3 Å². The number of amides is 1. The van der Waals surface area contributed by atoms with Crippen molar-refractivity contribution in [3.8, 4) is 5.75 Å². The topological polar surface area (TPSA) is 58.6 Å². The molecule has 0 heterocycles. The van der Waals surface area contributed by atoms with Crippen LogP contribution >= 0.6 is 0 Å². The van der Waals surface area contributed by atoms with Gasteiger partial charge < -0.3 is 15.2 Å². The smallest absolute Gasteiger partial charge is 0.251 e. The van der Waals surface area contributed by atoms with E-state index in [2.05, 4.69) is 5.32 Å². The summed E-state index contributed by atoms with van der Waals surface area (Å²) in [4.78, 5) is 11.5. The first kappa shape index (κ1) is 11.5. The molecule has 1 aromatic rings. The summed E-state index contributed by atoms with van der Waals surface area (Å²) in [5.41, 5.74) is 1.21. The van der Waals surface area contributed by atoms with E-state index in [1.54, 1.807) is 26.2 Å². The van der Waals surface area contributed by atoms with Crippen LogP contribution in [-0.2, 0) is 4.74 Å². The lowest BCUT2D eigenvalue weighted by atomic mass is 10.1. The Morgan fingerprint density at radius 1 is 1.53 bits per heavy atom. The first-order chi connectivity index (χ1) is 7.15.